The van der Waals surface area contributed by atoms with Crippen LogP contribution in [0.15, 0.2) is 27.1 Å². The van der Waals surface area contributed by atoms with Gasteiger partial charge >= 0.3 is 0 Å². The number of rotatable bonds is 5. The highest BCUT2D eigenvalue weighted by molar-refractivity contribution is 9.11. The third kappa shape index (κ3) is 4.11. The van der Waals surface area contributed by atoms with Gasteiger partial charge in [-0.3, -0.25) is 10.2 Å². The third-order valence-corrected chi connectivity index (χ3v) is 3.12. The molecule has 1 aromatic rings. The number of benzene rings is 1. The Hall–Kier alpha value is -0.590. The molecule has 3 N–H and O–H groups in total. The van der Waals surface area contributed by atoms with Crippen molar-refractivity contribution in [2.24, 2.45) is 5.84 Å². The van der Waals surface area contributed by atoms with Gasteiger partial charge in [-0.25, -0.2) is 5.84 Å². The van der Waals surface area contributed by atoms with E-state index in [0.717, 1.165) is 14.7 Å². The first-order valence-electron chi connectivity index (χ1n) is 4.71. The van der Waals surface area contributed by atoms with E-state index >= 15 is 0 Å². The van der Waals surface area contributed by atoms with Gasteiger partial charge in [-0.1, -0.05) is 6.07 Å². The Labute approximate surface area is 111 Å². The van der Waals surface area contributed by atoms with Crippen LogP contribution in [0.3, 0.4) is 0 Å². The van der Waals surface area contributed by atoms with E-state index in [1.54, 1.807) is 0 Å². The summed E-state index contributed by atoms with van der Waals surface area (Å²) in [6.07, 6.45) is 0.982. The van der Waals surface area contributed by atoms with Gasteiger partial charge in [-0.05, 0) is 50.4 Å². The summed E-state index contributed by atoms with van der Waals surface area (Å²) in [6, 6.07) is 5.70. The normalized spacial score (nSPS) is 9.94. The van der Waals surface area contributed by atoms with E-state index in [4.69, 9.17) is 10.6 Å². The first kappa shape index (κ1) is 13.5. The van der Waals surface area contributed by atoms with Crippen molar-refractivity contribution < 1.29 is 9.53 Å². The number of halogens is 2. The van der Waals surface area contributed by atoms with Crippen molar-refractivity contribution in [2.75, 3.05) is 6.61 Å². The Balaban J connectivity index is 2.40. The number of amides is 1. The zero-order chi connectivity index (χ0) is 12.0. The van der Waals surface area contributed by atoms with Gasteiger partial charge in [-0.15, -0.1) is 0 Å². The maximum atomic E-state index is 10.8. The molecule has 0 heterocycles. The smallest absolute Gasteiger partial charge is 0.234 e. The number of hydrogen-bond acceptors (Lipinski definition) is 3. The molecule has 1 rings (SSSR count). The van der Waals surface area contributed by atoms with Gasteiger partial charge in [0.25, 0.3) is 0 Å². The van der Waals surface area contributed by atoms with Crippen LogP contribution >= 0.6 is 31.9 Å². The largest absolute Gasteiger partial charge is 0.491 e. The van der Waals surface area contributed by atoms with E-state index in [9.17, 15) is 4.79 Å². The Morgan fingerprint density at radius 2 is 2.00 bits per heavy atom. The zero-order valence-corrected chi connectivity index (χ0v) is 11.7. The first-order valence-corrected chi connectivity index (χ1v) is 6.30. The van der Waals surface area contributed by atoms with E-state index in [1.165, 1.54) is 0 Å². The molecule has 1 aromatic carbocycles. The molecule has 0 saturated heterocycles. The number of hydrazine groups is 1. The molecular weight excluding hydrogens is 340 g/mol. The average molecular weight is 352 g/mol. The molecule has 16 heavy (non-hydrogen) atoms. The molecule has 0 bridgehead atoms. The summed E-state index contributed by atoms with van der Waals surface area (Å²) >= 11 is 6.78. The van der Waals surface area contributed by atoms with Crippen LogP contribution in [0, 0.1) is 0 Å². The Kier molecular flexibility index (Phi) is 5.79. The summed E-state index contributed by atoms with van der Waals surface area (Å²) < 4.78 is 7.31. The topological polar surface area (TPSA) is 64.3 Å². The van der Waals surface area contributed by atoms with Crippen molar-refractivity contribution in [2.45, 2.75) is 12.8 Å². The Morgan fingerprint density at radius 1 is 1.38 bits per heavy atom. The van der Waals surface area contributed by atoms with Crippen molar-refractivity contribution >= 4 is 37.8 Å². The number of ether oxygens (including phenoxy) is 1. The first-order chi connectivity index (χ1) is 7.65. The van der Waals surface area contributed by atoms with Gasteiger partial charge in [0.1, 0.15) is 5.75 Å². The van der Waals surface area contributed by atoms with Gasteiger partial charge in [0.15, 0.2) is 0 Å². The molecule has 1 amide bonds. The second-order valence-corrected chi connectivity index (χ2v) is 4.78. The molecule has 4 nitrogen and oxygen atoms in total. The van der Waals surface area contributed by atoms with Crippen molar-refractivity contribution in [1.29, 1.82) is 0 Å². The number of carbonyl (C=O) groups is 1. The molecule has 0 aliphatic rings. The molecule has 88 valence electrons. The van der Waals surface area contributed by atoms with Gasteiger partial charge in [0.2, 0.25) is 5.91 Å². The lowest BCUT2D eigenvalue weighted by atomic mass is 10.3. The van der Waals surface area contributed by atoms with Crippen molar-refractivity contribution in [3.63, 3.8) is 0 Å². The van der Waals surface area contributed by atoms with E-state index in [0.29, 0.717) is 19.4 Å². The zero-order valence-electron chi connectivity index (χ0n) is 8.50. The standard InChI is InChI=1S/C10H12Br2N2O2/c11-7-3-1-4-8(12)10(7)16-6-2-5-9(15)14-13/h1,3-4H,2,5-6,13H2,(H,14,15). The lowest BCUT2D eigenvalue weighted by Crippen LogP contribution is -2.29. The predicted molar refractivity (Wildman–Crippen MR) is 68.9 cm³/mol. The average Bonchev–Trinajstić information content (AvgIpc) is 2.27. The van der Waals surface area contributed by atoms with Crippen molar-refractivity contribution in [3.8, 4) is 5.75 Å². The minimum absolute atomic E-state index is 0.185. The predicted octanol–water partition coefficient (Wildman–Crippen LogP) is 2.36. The van der Waals surface area contributed by atoms with Crippen molar-refractivity contribution in [3.05, 3.63) is 27.1 Å². The number of para-hydroxylation sites is 1. The fourth-order valence-corrected chi connectivity index (χ4v) is 2.33. The molecule has 0 radical (unpaired) electrons. The highest BCUT2D eigenvalue weighted by atomic mass is 79.9. The Bertz CT molecular complexity index is 352. The van der Waals surface area contributed by atoms with Gasteiger partial charge < -0.3 is 4.74 Å². The number of nitrogens with two attached hydrogens (primary N) is 1. The van der Waals surface area contributed by atoms with E-state index in [1.807, 2.05) is 18.2 Å². The molecule has 0 aliphatic carbocycles. The summed E-state index contributed by atoms with van der Waals surface area (Å²) in [5, 5.41) is 0. The SMILES string of the molecule is NNC(=O)CCCOc1c(Br)cccc1Br. The molecule has 0 unspecified atom stereocenters. The van der Waals surface area contributed by atoms with E-state index in [-0.39, 0.29) is 5.91 Å². The molecule has 6 heteroatoms. The maximum Gasteiger partial charge on any atom is 0.234 e. The number of hydrogen-bond donors (Lipinski definition) is 2. The van der Waals surface area contributed by atoms with Crippen LogP contribution < -0.4 is 16.0 Å². The lowest BCUT2D eigenvalue weighted by Gasteiger charge is -2.09. The van der Waals surface area contributed by atoms with Gasteiger partial charge in [0.05, 0.1) is 15.6 Å². The quantitative estimate of drug-likeness (QED) is 0.370. The summed E-state index contributed by atoms with van der Waals surface area (Å²) in [4.78, 5) is 10.8. The van der Waals surface area contributed by atoms with Crippen LogP contribution in [-0.2, 0) is 4.79 Å². The van der Waals surface area contributed by atoms with E-state index < -0.39 is 0 Å². The van der Waals surface area contributed by atoms with Crippen LogP contribution in [0.2, 0.25) is 0 Å². The van der Waals surface area contributed by atoms with Crippen LogP contribution in [-0.4, -0.2) is 12.5 Å². The molecule has 0 fully saturated rings. The van der Waals surface area contributed by atoms with Crippen LogP contribution in [0.25, 0.3) is 0 Å². The second-order valence-electron chi connectivity index (χ2n) is 3.07. The highest BCUT2D eigenvalue weighted by Crippen LogP contribution is 2.32. The molecule has 0 aliphatic heterocycles. The third-order valence-electron chi connectivity index (χ3n) is 1.87. The fraction of sp³-hybridized carbons (Fsp3) is 0.300. The second kappa shape index (κ2) is 6.88. The summed E-state index contributed by atoms with van der Waals surface area (Å²) in [7, 11) is 0. The van der Waals surface area contributed by atoms with Crippen LogP contribution in [0.1, 0.15) is 12.8 Å². The highest BCUT2D eigenvalue weighted by Gasteiger charge is 2.05. The van der Waals surface area contributed by atoms with E-state index in [2.05, 4.69) is 37.3 Å². The molecule has 0 spiro atoms. The van der Waals surface area contributed by atoms with Crippen LogP contribution in [0.5, 0.6) is 5.75 Å². The summed E-state index contributed by atoms with van der Waals surface area (Å²) in [5.41, 5.74) is 2.07. The minimum atomic E-state index is -0.185. The van der Waals surface area contributed by atoms with Crippen molar-refractivity contribution in [1.82, 2.24) is 5.43 Å². The molecule has 0 aromatic heterocycles. The number of nitrogens with one attached hydrogen (secondary N) is 1. The number of carbonyl (C=O) groups excluding carboxylic acids is 1. The van der Waals surface area contributed by atoms with Gasteiger partial charge in [-0.2, -0.15) is 0 Å². The van der Waals surface area contributed by atoms with Gasteiger partial charge in [0, 0.05) is 6.42 Å². The van der Waals surface area contributed by atoms with Crippen LogP contribution in [0.4, 0.5) is 0 Å². The monoisotopic (exact) mass is 350 g/mol. The summed E-state index contributed by atoms with van der Waals surface area (Å²) in [5.74, 6) is 5.52. The summed E-state index contributed by atoms with van der Waals surface area (Å²) in [6.45, 7) is 0.467. The fourth-order valence-electron chi connectivity index (χ4n) is 1.10. The Morgan fingerprint density at radius 3 is 2.56 bits per heavy atom. The molecular formula is C10H12Br2N2O2. The molecule has 0 saturated carbocycles. The minimum Gasteiger partial charge on any atom is -0.491 e. The molecule has 0 atom stereocenters. The maximum absolute atomic E-state index is 10.8. The lowest BCUT2D eigenvalue weighted by molar-refractivity contribution is -0.121.